The zero-order chi connectivity index (χ0) is 16.0. The summed E-state index contributed by atoms with van der Waals surface area (Å²) in [4.78, 5) is 12.7. The van der Waals surface area contributed by atoms with Gasteiger partial charge in [-0.15, -0.1) is 0 Å². The third kappa shape index (κ3) is 2.90. The van der Waals surface area contributed by atoms with E-state index >= 15 is 0 Å². The third-order valence-corrected chi connectivity index (χ3v) is 4.63. The molecule has 0 spiro atoms. The fourth-order valence-corrected chi connectivity index (χ4v) is 3.01. The highest BCUT2D eigenvalue weighted by Gasteiger charge is 2.34. The Morgan fingerprint density at radius 2 is 2.17 bits per heavy atom. The molecule has 1 saturated carbocycles. The number of halogens is 2. The standard InChI is InChI=1S/C15H17ClFN5O/c1-21-4-5-22(14-11(17)6-10(16)7-18-14)8-12(21)15-19-13(20-23-15)9-2-3-9/h6-7,9,12H,2-5,8H2,1H3. The second-order valence-corrected chi connectivity index (χ2v) is 6.60. The van der Waals surface area contributed by atoms with Gasteiger partial charge in [-0.05, 0) is 26.0 Å². The molecule has 1 atom stereocenters. The van der Waals surface area contributed by atoms with E-state index in [1.165, 1.54) is 12.3 Å². The number of hydrogen-bond acceptors (Lipinski definition) is 6. The van der Waals surface area contributed by atoms with Gasteiger partial charge in [-0.25, -0.2) is 9.37 Å². The molecule has 1 saturated heterocycles. The van der Waals surface area contributed by atoms with Crippen LogP contribution in [0.1, 0.15) is 36.5 Å². The smallest absolute Gasteiger partial charge is 0.245 e. The van der Waals surface area contributed by atoms with E-state index in [0.717, 1.165) is 25.2 Å². The van der Waals surface area contributed by atoms with Crippen LogP contribution in [0.5, 0.6) is 0 Å². The van der Waals surface area contributed by atoms with Crippen molar-refractivity contribution in [3.8, 4) is 0 Å². The van der Waals surface area contributed by atoms with Crippen LogP contribution in [0.15, 0.2) is 16.8 Å². The van der Waals surface area contributed by atoms with E-state index in [2.05, 4.69) is 20.0 Å². The van der Waals surface area contributed by atoms with E-state index < -0.39 is 5.82 Å². The van der Waals surface area contributed by atoms with Crippen LogP contribution < -0.4 is 4.90 Å². The van der Waals surface area contributed by atoms with E-state index in [9.17, 15) is 4.39 Å². The van der Waals surface area contributed by atoms with Crippen LogP contribution in [0, 0.1) is 5.82 Å². The lowest BCUT2D eigenvalue weighted by molar-refractivity contribution is 0.177. The summed E-state index contributed by atoms with van der Waals surface area (Å²) in [7, 11) is 2.01. The molecule has 1 aliphatic heterocycles. The highest BCUT2D eigenvalue weighted by atomic mass is 35.5. The van der Waals surface area contributed by atoms with Crippen LogP contribution in [-0.4, -0.2) is 46.7 Å². The molecule has 0 aromatic carbocycles. The Morgan fingerprint density at radius 1 is 1.35 bits per heavy atom. The summed E-state index contributed by atoms with van der Waals surface area (Å²) in [5, 5.41) is 4.37. The Bertz CT molecular complexity index is 720. The van der Waals surface area contributed by atoms with Gasteiger partial charge in [0.25, 0.3) is 0 Å². The molecule has 0 N–H and O–H groups in total. The number of anilines is 1. The molecule has 8 heteroatoms. The van der Waals surface area contributed by atoms with Crippen molar-refractivity contribution in [2.75, 3.05) is 31.6 Å². The molecule has 3 heterocycles. The Hall–Kier alpha value is -1.73. The minimum atomic E-state index is -0.412. The van der Waals surface area contributed by atoms with Crippen molar-refractivity contribution in [1.29, 1.82) is 0 Å². The predicted octanol–water partition coefficient (Wildman–Crippen LogP) is 2.63. The fourth-order valence-electron chi connectivity index (χ4n) is 2.86. The first kappa shape index (κ1) is 14.8. The zero-order valence-electron chi connectivity index (χ0n) is 12.7. The number of hydrogen-bond donors (Lipinski definition) is 0. The van der Waals surface area contributed by atoms with Gasteiger partial charge in [0.05, 0.1) is 5.02 Å². The van der Waals surface area contributed by atoms with Crippen LogP contribution in [0.25, 0.3) is 0 Å². The molecule has 122 valence electrons. The van der Waals surface area contributed by atoms with E-state index in [1.807, 2.05) is 11.9 Å². The third-order valence-electron chi connectivity index (χ3n) is 4.42. The van der Waals surface area contributed by atoms with Gasteiger partial charge in [0.15, 0.2) is 17.5 Å². The maximum absolute atomic E-state index is 14.1. The molecular formula is C15H17ClFN5O. The van der Waals surface area contributed by atoms with Crippen molar-refractivity contribution in [1.82, 2.24) is 20.0 Å². The summed E-state index contributed by atoms with van der Waals surface area (Å²) >= 11 is 5.78. The monoisotopic (exact) mass is 337 g/mol. The van der Waals surface area contributed by atoms with Crippen LogP contribution in [-0.2, 0) is 0 Å². The quantitative estimate of drug-likeness (QED) is 0.858. The molecule has 6 nitrogen and oxygen atoms in total. The first-order valence-corrected chi connectivity index (χ1v) is 8.09. The molecule has 1 unspecified atom stereocenters. The average molecular weight is 338 g/mol. The zero-order valence-corrected chi connectivity index (χ0v) is 13.5. The highest BCUT2D eigenvalue weighted by molar-refractivity contribution is 6.30. The van der Waals surface area contributed by atoms with Crippen LogP contribution in [0.4, 0.5) is 10.2 Å². The molecule has 1 aliphatic carbocycles. The number of piperazine rings is 1. The molecule has 4 rings (SSSR count). The Kier molecular flexibility index (Phi) is 3.69. The maximum Gasteiger partial charge on any atom is 0.245 e. The van der Waals surface area contributed by atoms with Gasteiger partial charge in [-0.1, -0.05) is 16.8 Å². The van der Waals surface area contributed by atoms with Gasteiger partial charge in [0.1, 0.15) is 6.04 Å². The second-order valence-electron chi connectivity index (χ2n) is 6.17. The van der Waals surface area contributed by atoms with Gasteiger partial charge in [0.2, 0.25) is 5.89 Å². The fraction of sp³-hybridized carbons (Fsp3) is 0.533. The van der Waals surface area contributed by atoms with Gasteiger partial charge in [-0.3, -0.25) is 4.90 Å². The lowest BCUT2D eigenvalue weighted by atomic mass is 10.1. The molecular weight excluding hydrogens is 321 g/mol. The predicted molar refractivity (Wildman–Crippen MR) is 83.1 cm³/mol. The summed E-state index contributed by atoms with van der Waals surface area (Å²) in [6, 6.07) is 1.22. The summed E-state index contributed by atoms with van der Waals surface area (Å²) in [6.45, 7) is 1.99. The average Bonchev–Trinajstić information content (AvgIpc) is 3.26. The summed E-state index contributed by atoms with van der Waals surface area (Å²) in [5.74, 6) is 1.74. The number of nitrogens with zero attached hydrogens (tertiary/aromatic N) is 5. The molecule has 2 aliphatic rings. The lowest BCUT2D eigenvalue weighted by Crippen LogP contribution is -2.47. The summed E-state index contributed by atoms with van der Waals surface area (Å²) in [6.07, 6.45) is 3.72. The van der Waals surface area contributed by atoms with Crippen molar-refractivity contribution >= 4 is 17.4 Å². The lowest BCUT2D eigenvalue weighted by Gasteiger charge is -2.38. The topological polar surface area (TPSA) is 58.3 Å². The normalized spacial score (nSPS) is 22.6. The van der Waals surface area contributed by atoms with Gasteiger partial charge in [-0.2, -0.15) is 4.98 Å². The van der Waals surface area contributed by atoms with Crippen LogP contribution in [0.2, 0.25) is 5.02 Å². The number of rotatable bonds is 3. The van der Waals surface area contributed by atoms with E-state index in [-0.39, 0.29) is 6.04 Å². The molecule has 2 fully saturated rings. The summed E-state index contributed by atoms with van der Waals surface area (Å²) in [5.41, 5.74) is 0. The number of likely N-dealkylation sites (N-methyl/N-ethyl adjacent to an activating group) is 1. The van der Waals surface area contributed by atoms with E-state index in [4.69, 9.17) is 16.1 Å². The SMILES string of the molecule is CN1CCN(c2ncc(Cl)cc2F)CC1c1nc(C2CC2)no1. The van der Waals surface area contributed by atoms with Crippen molar-refractivity contribution < 1.29 is 8.91 Å². The minimum Gasteiger partial charge on any atom is -0.351 e. The largest absolute Gasteiger partial charge is 0.351 e. The molecule has 0 amide bonds. The molecule has 0 bridgehead atoms. The van der Waals surface area contributed by atoms with Crippen molar-refractivity contribution in [3.05, 3.63) is 34.8 Å². The van der Waals surface area contributed by atoms with Crippen LogP contribution in [0.3, 0.4) is 0 Å². The van der Waals surface area contributed by atoms with Crippen LogP contribution >= 0.6 is 11.6 Å². The minimum absolute atomic E-state index is 0.0689. The van der Waals surface area contributed by atoms with E-state index in [1.54, 1.807) is 0 Å². The molecule has 2 aromatic rings. The van der Waals surface area contributed by atoms with Gasteiger partial charge >= 0.3 is 0 Å². The molecule has 23 heavy (non-hydrogen) atoms. The van der Waals surface area contributed by atoms with Gasteiger partial charge in [0, 0.05) is 31.7 Å². The summed E-state index contributed by atoms with van der Waals surface area (Å²) < 4.78 is 19.6. The second kappa shape index (κ2) is 5.72. The van der Waals surface area contributed by atoms with E-state index in [0.29, 0.717) is 35.7 Å². The number of pyridine rings is 1. The molecule has 2 aromatic heterocycles. The van der Waals surface area contributed by atoms with Crippen molar-refractivity contribution in [2.45, 2.75) is 24.8 Å². The first-order valence-electron chi connectivity index (χ1n) is 7.71. The Balaban J connectivity index is 1.57. The number of aromatic nitrogens is 3. The van der Waals surface area contributed by atoms with Crippen molar-refractivity contribution in [2.24, 2.45) is 0 Å². The van der Waals surface area contributed by atoms with Crippen molar-refractivity contribution in [3.63, 3.8) is 0 Å². The van der Waals surface area contributed by atoms with Gasteiger partial charge < -0.3 is 9.42 Å². The maximum atomic E-state index is 14.1. The first-order chi connectivity index (χ1) is 11.1. The molecule has 0 radical (unpaired) electrons. The highest BCUT2D eigenvalue weighted by Crippen LogP contribution is 2.39. The Labute approximate surface area is 138 Å². The Morgan fingerprint density at radius 3 is 2.91 bits per heavy atom.